The van der Waals surface area contributed by atoms with E-state index < -0.39 is 6.10 Å². The third kappa shape index (κ3) is 4.87. The van der Waals surface area contributed by atoms with Crippen LogP contribution >= 0.6 is 12.4 Å². The number of nitrogens with two attached hydrogens (primary N) is 1. The van der Waals surface area contributed by atoms with E-state index in [-0.39, 0.29) is 23.9 Å². The van der Waals surface area contributed by atoms with Gasteiger partial charge in [-0.05, 0) is 62.6 Å². The summed E-state index contributed by atoms with van der Waals surface area (Å²) in [7, 11) is 0. The molecule has 0 radical (unpaired) electrons. The van der Waals surface area contributed by atoms with Crippen molar-refractivity contribution in [2.45, 2.75) is 65.0 Å². The molecule has 3 N–H and O–H groups in total. The number of halogens is 1. The van der Waals surface area contributed by atoms with E-state index in [2.05, 4.69) is 31.3 Å². The fraction of sp³-hybridized carbons (Fsp3) is 0.632. The average molecular weight is 355 g/mol. The first-order chi connectivity index (χ1) is 10.8. The van der Waals surface area contributed by atoms with Gasteiger partial charge in [0, 0.05) is 6.54 Å². The van der Waals surface area contributed by atoms with Gasteiger partial charge >= 0.3 is 0 Å². The minimum Gasteiger partial charge on any atom is -0.481 e. The Kier molecular flexibility index (Phi) is 7.11. The van der Waals surface area contributed by atoms with Crippen molar-refractivity contribution in [1.29, 1.82) is 0 Å². The van der Waals surface area contributed by atoms with Crippen LogP contribution in [0.15, 0.2) is 18.2 Å². The summed E-state index contributed by atoms with van der Waals surface area (Å²) >= 11 is 0. The van der Waals surface area contributed by atoms with Crippen molar-refractivity contribution in [2.75, 3.05) is 6.54 Å². The van der Waals surface area contributed by atoms with E-state index >= 15 is 0 Å². The number of benzene rings is 1. The normalized spacial score (nSPS) is 17.6. The van der Waals surface area contributed by atoms with Crippen LogP contribution in [0.1, 0.15) is 57.6 Å². The summed E-state index contributed by atoms with van der Waals surface area (Å²) in [6, 6.07) is 6.15. The first-order valence-corrected chi connectivity index (χ1v) is 8.56. The summed E-state index contributed by atoms with van der Waals surface area (Å²) in [5, 5.41) is 3.10. The Morgan fingerprint density at radius 2 is 2.00 bits per heavy atom. The zero-order valence-corrected chi connectivity index (χ0v) is 16.2. The van der Waals surface area contributed by atoms with Crippen molar-refractivity contribution in [3.63, 3.8) is 0 Å². The van der Waals surface area contributed by atoms with Crippen LogP contribution in [0.2, 0.25) is 0 Å². The molecule has 1 aliphatic carbocycles. The molecule has 2 unspecified atom stereocenters. The van der Waals surface area contributed by atoms with E-state index in [0.29, 0.717) is 18.4 Å². The Morgan fingerprint density at radius 3 is 2.50 bits per heavy atom. The minimum absolute atomic E-state index is 0. The molecule has 1 aliphatic rings. The van der Waals surface area contributed by atoms with Gasteiger partial charge in [0.05, 0.1) is 5.54 Å². The van der Waals surface area contributed by atoms with Crippen molar-refractivity contribution in [3.05, 3.63) is 29.3 Å². The summed E-state index contributed by atoms with van der Waals surface area (Å²) in [6.07, 6.45) is 1.73. The number of ether oxygens (including phenoxy) is 1. The second-order valence-corrected chi connectivity index (χ2v) is 7.34. The number of rotatable bonds is 7. The molecule has 2 rings (SSSR count). The number of nitrogens with one attached hydrogen (secondary N) is 1. The number of hydrogen-bond donors (Lipinski definition) is 2. The molecule has 1 amide bonds. The van der Waals surface area contributed by atoms with Crippen LogP contribution in [0.5, 0.6) is 5.75 Å². The Balaban J connectivity index is 0.00000288. The molecular formula is C19H31ClN2O2. The number of carbonyl (C=O) groups is 1. The smallest absolute Gasteiger partial charge is 0.261 e. The summed E-state index contributed by atoms with van der Waals surface area (Å²) in [5.74, 6) is 1.54. The highest BCUT2D eigenvalue weighted by molar-refractivity contribution is 5.85. The predicted molar refractivity (Wildman–Crippen MR) is 101 cm³/mol. The van der Waals surface area contributed by atoms with Crippen molar-refractivity contribution >= 4 is 18.3 Å². The van der Waals surface area contributed by atoms with Crippen LogP contribution in [0, 0.1) is 12.8 Å². The lowest BCUT2D eigenvalue weighted by Crippen LogP contribution is -2.56. The SMILES string of the molecule is Cc1ccc(C(C)C)c(OC(C)C(=O)NC(C)(CN)C2CC2)c1.Cl. The maximum absolute atomic E-state index is 12.5. The fourth-order valence-corrected chi connectivity index (χ4v) is 2.89. The van der Waals surface area contributed by atoms with Crippen LogP contribution in [0.3, 0.4) is 0 Å². The van der Waals surface area contributed by atoms with Crippen LogP contribution in [-0.2, 0) is 4.79 Å². The molecule has 1 aromatic carbocycles. The molecule has 136 valence electrons. The van der Waals surface area contributed by atoms with Crippen molar-refractivity contribution in [3.8, 4) is 5.75 Å². The number of hydrogen-bond acceptors (Lipinski definition) is 3. The highest BCUT2D eigenvalue weighted by atomic mass is 35.5. The molecule has 0 aliphatic heterocycles. The van der Waals surface area contributed by atoms with Gasteiger partial charge < -0.3 is 15.8 Å². The molecule has 2 atom stereocenters. The second-order valence-electron chi connectivity index (χ2n) is 7.34. The maximum atomic E-state index is 12.5. The molecule has 4 nitrogen and oxygen atoms in total. The summed E-state index contributed by atoms with van der Waals surface area (Å²) in [6.45, 7) is 10.6. The Labute approximate surface area is 151 Å². The van der Waals surface area contributed by atoms with Crippen LogP contribution < -0.4 is 15.8 Å². The first kappa shape index (κ1) is 20.8. The maximum Gasteiger partial charge on any atom is 0.261 e. The third-order valence-electron chi connectivity index (χ3n) is 4.78. The van der Waals surface area contributed by atoms with Gasteiger partial charge in [0.15, 0.2) is 6.10 Å². The Hall–Kier alpha value is -1.26. The predicted octanol–water partition coefficient (Wildman–Crippen LogP) is 3.55. The van der Waals surface area contributed by atoms with Gasteiger partial charge in [-0.15, -0.1) is 12.4 Å². The van der Waals surface area contributed by atoms with E-state index in [1.807, 2.05) is 19.9 Å². The standard InChI is InChI=1S/C19H30N2O2.ClH/c1-12(2)16-9-6-13(3)10-17(16)23-14(4)18(22)21-19(5,11-20)15-7-8-15;/h6,9-10,12,14-15H,7-8,11,20H2,1-5H3,(H,21,22);1H. The summed E-state index contributed by atoms with van der Waals surface area (Å²) in [5.41, 5.74) is 7.81. The summed E-state index contributed by atoms with van der Waals surface area (Å²) < 4.78 is 5.99. The van der Waals surface area contributed by atoms with Gasteiger partial charge in [0.1, 0.15) is 5.75 Å². The van der Waals surface area contributed by atoms with Gasteiger partial charge in [0.2, 0.25) is 0 Å². The average Bonchev–Trinajstić information content (AvgIpc) is 3.31. The van der Waals surface area contributed by atoms with E-state index in [4.69, 9.17) is 10.5 Å². The molecular weight excluding hydrogens is 324 g/mol. The van der Waals surface area contributed by atoms with E-state index in [1.54, 1.807) is 6.92 Å². The lowest BCUT2D eigenvalue weighted by molar-refractivity contribution is -0.129. The summed E-state index contributed by atoms with van der Waals surface area (Å²) in [4.78, 5) is 12.5. The lowest BCUT2D eigenvalue weighted by atomic mass is 9.95. The lowest BCUT2D eigenvalue weighted by Gasteiger charge is -2.31. The zero-order valence-electron chi connectivity index (χ0n) is 15.4. The molecule has 0 spiro atoms. The molecule has 0 saturated heterocycles. The molecule has 0 aromatic heterocycles. The molecule has 5 heteroatoms. The molecule has 1 aromatic rings. The monoisotopic (exact) mass is 354 g/mol. The van der Waals surface area contributed by atoms with E-state index in [9.17, 15) is 4.79 Å². The van der Waals surface area contributed by atoms with Gasteiger partial charge in [-0.25, -0.2) is 0 Å². The van der Waals surface area contributed by atoms with Gasteiger partial charge in [-0.3, -0.25) is 4.79 Å². The van der Waals surface area contributed by atoms with Crippen LogP contribution in [0.25, 0.3) is 0 Å². The molecule has 0 bridgehead atoms. The molecule has 0 heterocycles. The number of aryl methyl sites for hydroxylation is 1. The van der Waals surface area contributed by atoms with Crippen molar-refractivity contribution in [1.82, 2.24) is 5.32 Å². The quantitative estimate of drug-likeness (QED) is 0.787. The number of carbonyl (C=O) groups excluding carboxylic acids is 1. The zero-order chi connectivity index (χ0) is 17.2. The van der Waals surface area contributed by atoms with E-state index in [1.165, 1.54) is 0 Å². The highest BCUT2D eigenvalue weighted by Crippen LogP contribution is 2.39. The van der Waals surface area contributed by atoms with Crippen LogP contribution in [0.4, 0.5) is 0 Å². The van der Waals surface area contributed by atoms with Gasteiger partial charge in [0.25, 0.3) is 5.91 Å². The highest BCUT2D eigenvalue weighted by Gasteiger charge is 2.42. The van der Waals surface area contributed by atoms with Gasteiger partial charge in [-0.2, -0.15) is 0 Å². The fourth-order valence-electron chi connectivity index (χ4n) is 2.89. The van der Waals surface area contributed by atoms with Crippen molar-refractivity contribution < 1.29 is 9.53 Å². The largest absolute Gasteiger partial charge is 0.481 e. The molecule has 1 saturated carbocycles. The molecule has 24 heavy (non-hydrogen) atoms. The third-order valence-corrected chi connectivity index (χ3v) is 4.78. The van der Waals surface area contributed by atoms with E-state index in [0.717, 1.165) is 29.7 Å². The number of amides is 1. The minimum atomic E-state index is -0.543. The second kappa shape index (κ2) is 8.21. The first-order valence-electron chi connectivity index (χ1n) is 8.56. The van der Waals surface area contributed by atoms with Gasteiger partial charge in [-0.1, -0.05) is 26.0 Å². The topological polar surface area (TPSA) is 64.3 Å². The Morgan fingerprint density at radius 1 is 1.38 bits per heavy atom. The van der Waals surface area contributed by atoms with Crippen molar-refractivity contribution in [2.24, 2.45) is 11.7 Å². The Bertz CT molecular complexity index is 572. The molecule has 1 fully saturated rings. The van der Waals surface area contributed by atoms with Crippen LogP contribution in [-0.4, -0.2) is 24.1 Å².